The van der Waals surface area contributed by atoms with Gasteiger partial charge in [0, 0.05) is 18.2 Å². The lowest BCUT2D eigenvalue weighted by molar-refractivity contribution is -0.162. The highest BCUT2D eigenvalue weighted by Crippen LogP contribution is 2.46. The van der Waals surface area contributed by atoms with Crippen molar-refractivity contribution >= 4 is 17.1 Å². The van der Waals surface area contributed by atoms with Crippen LogP contribution in [0.5, 0.6) is 5.88 Å². The van der Waals surface area contributed by atoms with E-state index in [1.165, 1.54) is 6.20 Å². The minimum absolute atomic E-state index is 0.333. The standard InChI is InChI=1S/C20H25FN4O4/c21-14-11-23-15-1-2-16(28-10-9-22)24-17(15)13(14)3-4-20-7-5-19(6-8-20,12-29-20)25-18(26)27/h1-2,11,25H,3-10,12,22H2,(H,26,27). The van der Waals surface area contributed by atoms with E-state index in [0.717, 1.165) is 25.7 Å². The molecule has 0 radical (unpaired) electrons. The van der Waals surface area contributed by atoms with Gasteiger partial charge in [-0.1, -0.05) is 0 Å². The van der Waals surface area contributed by atoms with E-state index in [1.807, 2.05) is 0 Å². The molecule has 2 saturated heterocycles. The Labute approximate surface area is 167 Å². The zero-order chi connectivity index (χ0) is 20.5. The molecule has 4 heterocycles. The summed E-state index contributed by atoms with van der Waals surface area (Å²) in [6, 6.07) is 3.46. The van der Waals surface area contributed by atoms with Crippen molar-refractivity contribution < 1.29 is 23.8 Å². The van der Waals surface area contributed by atoms with Crippen molar-refractivity contribution in [1.29, 1.82) is 0 Å². The van der Waals surface area contributed by atoms with Gasteiger partial charge >= 0.3 is 6.09 Å². The molecule has 5 rings (SSSR count). The molecule has 1 saturated carbocycles. The second-order valence-electron chi connectivity index (χ2n) is 7.92. The van der Waals surface area contributed by atoms with Crippen molar-refractivity contribution in [3.8, 4) is 5.88 Å². The Balaban J connectivity index is 1.51. The maximum atomic E-state index is 14.6. The maximum absolute atomic E-state index is 14.6. The Morgan fingerprint density at radius 1 is 1.34 bits per heavy atom. The van der Waals surface area contributed by atoms with E-state index < -0.39 is 17.4 Å². The molecule has 2 bridgehead atoms. The predicted octanol–water partition coefficient (Wildman–Crippen LogP) is 2.39. The van der Waals surface area contributed by atoms with Crippen LogP contribution in [0, 0.1) is 5.82 Å². The second-order valence-corrected chi connectivity index (χ2v) is 7.92. The maximum Gasteiger partial charge on any atom is 0.405 e. The van der Waals surface area contributed by atoms with Gasteiger partial charge in [0.2, 0.25) is 5.88 Å². The van der Waals surface area contributed by atoms with Crippen molar-refractivity contribution in [3.63, 3.8) is 0 Å². The van der Waals surface area contributed by atoms with Crippen LogP contribution in [0.15, 0.2) is 18.3 Å². The van der Waals surface area contributed by atoms with E-state index in [0.29, 0.717) is 55.1 Å². The molecular formula is C20H25FN4O4. The van der Waals surface area contributed by atoms with E-state index in [-0.39, 0.29) is 5.60 Å². The molecular weight excluding hydrogens is 379 g/mol. The van der Waals surface area contributed by atoms with Crippen molar-refractivity contribution in [2.45, 2.75) is 49.7 Å². The molecule has 0 unspecified atom stereocenters. The number of nitrogens with one attached hydrogen (secondary N) is 1. The fourth-order valence-corrected chi connectivity index (χ4v) is 4.39. The first-order valence-electron chi connectivity index (χ1n) is 9.86. The van der Waals surface area contributed by atoms with Gasteiger partial charge in [0.1, 0.15) is 12.4 Å². The topological polar surface area (TPSA) is 120 Å². The van der Waals surface area contributed by atoms with Gasteiger partial charge in [0.25, 0.3) is 0 Å². The van der Waals surface area contributed by atoms with Gasteiger partial charge in [0.15, 0.2) is 0 Å². The summed E-state index contributed by atoms with van der Waals surface area (Å²) in [5.41, 5.74) is 6.23. The molecule has 2 aromatic rings. The number of aryl methyl sites for hydroxylation is 1. The van der Waals surface area contributed by atoms with Crippen LogP contribution in [0.25, 0.3) is 11.0 Å². The van der Waals surface area contributed by atoms with E-state index >= 15 is 0 Å². The molecule has 2 aromatic heterocycles. The molecule has 1 aliphatic carbocycles. The minimum atomic E-state index is -1.02. The van der Waals surface area contributed by atoms with E-state index in [2.05, 4.69) is 15.3 Å². The molecule has 2 aliphatic heterocycles. The summed E-state index contributed by atoms with van der Waals surface area (Å²) in [4.78, 5) is 19.6. The van der Waals surface area contributed by atoms with Crippen molar-refractivity contribution in [1.82, 2.24) is 15.3 Å². The lowest BCUT2D eigenvalue weighted by atomic mass is 9.69. The van der Waals surface area contributed by atoms with Gasteiger partial charge in [-0.25, -0.2) is 14.2 Å². The number of hydrogen-bond acceptors (Lipinski definition) is 6. The molecule has 1 amide bonds. The third-order valence-corrected chi connectivity index (χ3v) is 6.08. The number of ether oxygens (including phenoxy) is 2. The monoisotopic (exact) mass is 404 g/mol. The van der Waals surface area contributed by atoms with E-state index in [1.54, 1.807) is 12.1 Å². The minimum Gasteiger partial charge on any atom is -0.476 e. The summed E-state index contributed by atoms with van der Waals surface area (Å²) >= 11 is 0. The van der Waals surface area contributed by atoms with Crippen LogP contribution in [0.1, 0.15) is 37.7 Å². The number of fused-ring (bicyclic) bond motifs is 4. The van der Waals surface area contributed by atoms with Crippen LogP contribution in [0.4, 0.5) is 9.18 Å². The van der Waals surface area contributed by atoms with Gasteiger partial charge in [-0.2, -0.15) is 0 Å². The Hall–Kier alpha value is -2.52. The number of halogens is 1. The number of carboxylic acid groups (broad SMARTS) is 1. The average Bonchev–Trinajstić information content (AvgIpc) is 2.72. The summed E-state index contributed by atoms with van der Waals surface area (Å²) in [5.74, 6) is -0.00300. The largest absolute Gasteiger partial charge is 0.476 e. The van der Waals surface area contributed by atoms with E-state index in [9.17, 15) is 9.18 Å². The fourth-order valence-electron chi connectivity index (χ4n) is 4.39. The third kappa shape index (κ3) is 3.97. The average molecular weight is 404 g/mol. The number of pyridine rings is 2. The first kappa shape index (κ1) is 19.8. The van der Waals surface area contributed by atoms with Gasteiger partial charge < -0.3 is 25.6 Å². The quantitative estimate of drug-likeness (QED) is 0.648. The zero-order valence-electron chi connectivity index (χ0n) is 16.1. The molecule has 29 heavy (non-hydrogen) atoms. The first-order valence-corrected chi connectivity index (χ1v) is 9.86. The first-order chi connectivity index (χ1) is 13.9. The number of aromatic nitrogens is 2. The fraction of sp³-hybridized carbons (Fsp3) is 0.550. The smallest absolute Gasteiger partial charge is 0.405 e. The molecule has 9 heteroatoms. The molecule has 3 aliphatic rings. The lowest BCUT2D eigenvalue weighted by Crippen LogP contribution is -2.62. The second kappa shape index (κ2) is 7.72. The molecule has 0 atom stereocenters. The predicted molar refractivity (Wildman–Crippen MR) is 103 cm³/mol. The van der Waals surface area contributed by atoms with Crippen molar-refractivity contribution in [2.75, 3.05) is 19.8 Å². The van der Waals surface area contributed by atoms with Crippen LogP contribution < -0.4 is 15.8 Å². The highest BCUT2D eigenvalue weighted by atomic mass is 19.1. The van der Waals surface area contributed by atoms with Crippen LogP contribution in [0.3, 0.4) is 0 Å². The van der Waals surface area contributed by atoms with Crippen LogP contribution in [-0.4, -0.2) is 52.1 Å². The summed E-state index contributed by atoms with van der Waals surface area (Å²) in [6.07, 6.45) is 4.25. The van der Waals surface area contributed by atoms with Gasteiger partial charge in [-0.3, -0.25) is 4.98 Å². The Morgan fingerprint density at radius 3 is 2.79 bits per heavy atom. The summed E-state index contributed by atoms with van der Waals surface area (Å²) in [6.45, 7) is 1.06. The SMILES string of the molecule is NCCOc1ccc2ncc(F)c(CCC34CCC(NC(=O)O)(CC3)CO4)c2n1. The van der Waals surface area contributed by atoms with Crippen LogP contribution in [-0.2, 0) is 11.2 Å². The highest BCUT2D eigenvalue weighted by Gasteiger charge is 2.50. The zero-order valence-corrected chi connectivity index (χ0v) is 16.1. The number of carbonyl (C=O) groups is 1. The number of nitrogens with zero attached hydrogens (tertiary/aromatic N) is 2. The Kier molecular flexibility index (Phi) is 5.26. The number of rotatable bonds is 7. The van der Waals surface area contributed by atoms with Crippen LogP contribution in [0.2, 0.25) is 0 Å². The summed E-state index contributed by atoms with van der Waals surface area (Å²) in [5, 5.41) is 11.7. The normalized spacial score (nSPS) is 25.9. The number of hydrogen-bond donors (Lipinski definition) is 3. The summed E-state index contributed by atoms with van der Waals surface area (Å²) < 4.78 is 26.2. The Bertz CT molecular complexity index is 898. The van der Waals surface area contributed by atoms with Crippen molar-refractivity contribution in [2.24, 2.45) is 5.73 Å². The van der Waals surface area contributed by atoms with Gasteiger partial charge in [0.05, 0.1) is 35.0 Å². The summed E-state index contributed by atoms with van der Waals surface area (Å²) in [7, 11) is 0. The molecule has 156 valence electrons. The molecule has 8 nitrogen and oxygen atoms in total. The number of nitrogens with two attached hydrogens (primary N) is 1. The van der Waals surface area contributed by atoms with Crippen molar-refractivity contribution in [3.05, 3.63) is 29.7 Å². The molecule has 0 spiro atoms. The number of amides is 1. The molecule has 3 fully saturated rings. The van der Waals surface area contributed by atoms with Crippen LogP contribution >= 0.6 is 0 Å². The molecule has 0 aromatic carbocycles. The third-order valence-electron chi connectivity index (χ3n) is 6.08. The van der Waals surface area contributed by atoms with E-state index in [4.69, 9.17) is 20.3 Å². The Morgan fingerprint density at radius 2 is 2.14 bits per heavy atom. The molecule has 4 N–H and O–H groups in total. The highest BCUT2D eigenvalue weighted by molar-refractivity contribution is 5.78. The van der Waals surface area contributed by atoms with Gasteiger partial charge in [-0.15, -0.1) is 0 Å². The lowest BCUT2D eigenvalue weighted by Gasteiger charge is -2.53. The van der Waals surface area contributed by atoms with Gasteiger partial charge in [-0.05, 0) is 44.6 Å².